The quantitative estimate of drug-likeness (QED) is 0.657. The van der Waals surface area contributed by atoms with Gasteiger partial charge in [0.05, 0.1) is 6.54 Å². The van der Waals surface area contributed by atoms with Gasteiger partial charge in [0.25, 0.3) is 0 Å². The fraction of sp³-hybridized carbons (Fsp3) is 0.235. The summed E-state index contributed by atoms with van der Waals surface area (Å²) in [7, 11) is 0. The van der Waals surface area contributed by atoms with E-state index in [0.29, 0.717) is 25.6 Å². The summed E-state index contributed by atoms with van der Waals surface area (Å²) < 4.78 is 26.3. The van der Waals surface area contributed by atoms with Crippen LogP contribution in [0.25, 0.3) is 0 Å². The van der Waals surface area contributed by atoms with Crippen LogP contribution in [0.4, 0.5) is 8.78 Å². The first kappa shape index (κ1) is 15.9. The van der Waals surface area contributed by atoms with Crippen molar-refractivity contribution in [1.29, 1.82) is 0 Å². The topological polar surface area (TPSA) is 36.4 Å². The molecule has 0 atom stereocenters. The molecule has 0 unspecified atom stereocenters. The minimum absolute atomic E-state index is 0.263. The standard InChI is InChI=1S/C17H19F2N3/c1-2-20-17(21-11-13-5-3-7-15(18)9-13)22-12-14-6-4-8-16(19)10-14/h3-10H,2,11-12H2,1H3,(H2,20,21,22). The maximum absolute atomic E-state index is 13.1. The van der Waals surface area contributed by atoms with E-state index in [1.54, 1.807) is 12.1 Å². The lowest BCUT2D eigenvalue weighted by molar-refractivity contribution is 0.624. The first-order valence-corrected chi connectivity index (χ1v) is 7.18. The second-order valence-corrected chi connectivity index (χ2v) is 4.81. The Morgan fingerprint density at radius 2 is 1.59 bits per heavy atom. The average Bonchev–Trinajstić information content (AvgIpc) is 2.50. The first-order chi connectivity index (χ1) is 10.7. The Balaban J connectivity index is 1.98. The Morgan fingerprint density at radius 1 is 0.955 bits per heavy atom. The van der Waals surface area contributed by atoms with Crippen molar-refractivity contribution in [3.63, 3.8) is 0 Å². The van der Waals surface area contributed by atoms with E-state index in [2.05, 4.69) is 15.6 Å². The minimum atomic E-state index is -0.273. The zero-order valence-corrected chi connectivity index (χ0v) is 12.4. The summed E-state index contributed by atoms with van der Waals surface area (Å²) in [6.07, 6.45) is 0. The van der Waals surface area contributed by atoms with Crippen LogP contribution in [0.5, 0.6) is 0 Å². The molecule has 0 amide bonds. The van der Waals surface area contributed by atoms with Gasteiger partial charge < -0.3 is 10.6 Å². The number of rotatable bonds is 5. The molecule has 0 saturated heterocycles. The van der Waals surface area contributed by atoms with E-state index in [0.717, 1.165) is 11.1 Å². The third-order valence-corrected chi connectivity index (χ3v) is 3.00. The van der Waals surface area contributed by atoms with E-state index >= 15 is 0 Å². The lowest BCUT2D eigenvalue weighted by atomic mass is 10.2. The van der Waals surface area contributed by atoms with Crippen LogP contribution in [0, 0.1) is 11.6 Å². The number of benzene rings is 2. The van der Waals surface area contributed by atoms with Crippen LogP contribution in [0.15, 0.2) is 53.5 Å². The van der Waals surface area contributed by atoms with Gasteiger partial charge in [0.15, 0.2) is 5.96 Å². The van der Waals surface area contributed by atoms with Crippen LogP contribution in [-0.2, 0) is 13.1 Å². The maximum atomic E-state index is 13.1. The fourth-order valence-corrected chi connectivity index (χ4v) is 1.98. The van der Waals surface area contributed by atoms with E-state index in [1.165, 1.54) is 24.3 Å². The second kappa shape index (κ2) is 8.12. The Morgan fingerprint density at radius 3 is 2.23 bits per heavy atom. The summed E-state index contributed by atoms with van der Waals surface area (Å²) in [6.45, 7) is 3.50. The van der Waals surface area contributed by atoms with Gasteiger partial charge in [-0.05, 0) is 42.3 Å². The van der Waals surface area contributed by atoms with Gasteiger partial charge in [0, 0.05) is 13.1 Å². The predicted molar refractivity (Wildman–Crippen MR) is 84.5 cm³/mol. The molecule has 0 fully saturated rings. The number of guanidine groups is 1. The smallest absolute Gasteiger partial charge is 0.191 e. The second-order valence-electron chi connectivity index (χ2n) is 4.81. The molecular weight excluding hydrogens is 284 g/mol. The minimum Gasteiger partial charge on any atom is -0.357 e. The summed E-state index contributed by atoms with van der Waals surface area (Å²) in [6, 6.07) is 12.7. The lowest BCUT2D eigenvalue weighted by Gasteiger charge is -2.11. The fourth-order valence-electron chi connectivity index (χ4n) is 1.98. The molecule has 5 heteroatoms. The third kappa shape index (κ3) is 5.16. The van der Waals surface area contributed by atoms with Crippen molar-refractivity contribution in [2.24, 2.45) is 4.99 Å². The largest absolute Gasteiger partial charge is 0.357 e. The zero-order chi connectivity index (χ0) is 15.8. The normalized spacial score (nSPS) is 11.3. The number of hydrogen-bond donors (Lipinski definition) is 2. The van der Waals surface area contributed by atoms with E-state index in [-0.39, 0.29) is 11.6 Å². The van der Waals surface area contributed by atoms with Gasteiger partial charge in [-0.15, -0.1) is 0 Å². The van der Waals surface area contributed by atoms with Crippen molar-refractivity contribution in [2.75, 3.05) is 6.54 Å². The summed E-state index contributed by atoms with van der Waals surface area (Å²) in [4.78, 5) is 4.40. The number of nitrogens with one attached hydrogen (secondary N) is 2. The number of aliphatic imine (C=N–C) groups is 1. The molecule has 0 aliphatic rings. The molecule has 0 radical (unpaired) electrons. The number of nitrogens with zero attached hydrogens (tertiary/aromatic N) is 1. The van der Waals surface area contributed by atoms with Crippen LogP contribution < -0.4 is 10.6 Å². The van der Waals surface area contributed by atoms with E-state index in [9.17, 15) is 8.78 Å². The lowest BCUT2D eigenvalue weighted by Crippen LogP contribution is -2.36. The van der Waals surface area contributed by atoms with Gasteiger partial charge in [0.1, 0.15) is 11.6 Å². The molecule has 0 bridgehead atoms. The maximum Gasteiger partial charge on any atom is 0.191 e. The molecule has 2 N–H and O–H groups in total. The zero-order valence-electron chi connectivity index (χ0n) is 12.4. The SMILES string of the molecule is CCNC(=NCc1cccc(F)c1)NCc1cccc(F)c1. The summed E-state index contributed by atoms with van der Waals surface area (Å²) in [5, 5.41) is 6.23. The van der Waals surface area contributed by atoms with Gasteiger partial charge in [-0.2, -0.15) is 0 Å². The Bertz CT molecular complexity index is 641. The molecule has 0 spiro atoms. The number of hydrogen-bond acceptors (Lipinski definition) is 1. The van der Waals surface area contributed by atoms with Crippen molar-refractivity contribution in [3.05, 3.63) is 71.3 Å². The molecule has 2 aromatic carbocycles. The Hall–Kier alpha value is -2.43. The molecule has 2 aromatic rings. The van der Waals surface area contributed by atoms with Crippen LogP contribution in [-0.4, -0.2) is 12.5 Å². The highest BCUT2D eigenvalue weighted by molar-refractivity contribution is 5.79. The summed E-state index contributed by atoms with van der Waals surface area (Å²) >= 11 is 0. The molecule has 116 valence electrons. The Kier molecular flexibility index (Phi) is 5.89. The molecular formula is C17H19F2N3. The summed E-state index contributed by atoms with van der Waals surface area (Å²) in [5.41, 5.74) is 1.62. The molecule has 0 aliphatic heterocycles. The highest BCUT2D eigenvalue weighted by Crippen LogP contribution is 2.05. The van der Waals surface area contributed by atoms with E-state index in [1.807, 2.05) is 19.1 Å². The van der Waals surface area contributed by atoms with Crippen LogP contribution in [0.1, 0.15) is 18.1 Å². The molecule has 0 aliphatic carbocycles. The monoisotopic (exact) mass is 303 g/mol. The molecule has 22 heavy (non-hydrogen) atoms. The first-order valence-electron chi connectivity index (χ1n) is 7.18. The molecule has 2 rings (SSSR count). The van der Waals surface area contributed by atoms with Crippen LogP contribution in [0.3, 0.4) is 0 Å². The van der Waals surface area contributed by atoms with Crippen LogP contribution >= 0.6 is 0 Å². The average molecular weight is 303 g/mol. The van der Waals surface area contributed by atoms with Gasteiger partial charge >= 0.3 is 0 Å². The van der Waals surface area contributed by atoms with Gasteiger partial charge in [0.2, 0.25) is 0 Å². The molecule has 0 aromatic heterocycles. The van der Waals surface area contributed by atoms with E-state index in [4.69, 9.17) is 0 Å². The van der Waals surface area contributed by atoms with Gasteiger partial charge in [-0.3, -0.25) is 0 Å². The highest BCUT2D eigenvalue weighted by Gasteiger charge is 2.00. The van der Waals surface area contributed by atoms with Crippen molar-refractivity contribution < 1.29 is 8.78 Å². The van der Waals surface area contributed by atoms with Crippen molar-refractivity contribution in [2.45, 2.75) is 20.0 Å². The van der Waals surface area contributed by atoms with Crippen molar-refractivity contribution >= 4 is 5.96 Å². The Labute approximate surface area is 129 Å². The van der Waals surface area contributed by atoms with Crippen LogP contribution in [0.2, 0.25) is 0 Å². The molecule has 0 saturated carbocycles. The van der Waals surface area contributed by atoms with Crippen molar-refractivity contribution in [1.82, 2.24) is 10.6 Å². The third-order valence-electron chi connectivity index (χ3n) is 3.00. The molecule has 3 nitrogen and oxygen atoms in total. The predicted octanol–water partition coefficient (Wildman–Crippen LogP) is 3.22. The van der Waals surface area contributed by atoms with Gasteiger partial charge in [-0.25, -0.2) is 13.8 Å². The van der Waals surface area contributed by atoms with Gasteiger partial charge in [-0.1, -0.05) is 24.3 Å². The molecule has 0 heterocycles. The van der Waals surface area contributed by atoms with E-state index < -0.39 is 0 Å². The number of halogens is 2. The summed E-state index contributed by atoms with van der Waals surface area (Å²) in [5.74, 6) is 0.0717. The van der Waals surface area contributed by atoms with Crippen molar-refractivity contribution in [3.8, 4) is 0 Å². The highest BCUT2D eigenvalue weighted by atomic mass is 19.1.